The highest BCUT2D eigenvalue weighted by molar-refractivity contribution is 7.90. The van der Waals surface area contributed by atoms with Gasteiger partial charge in [0.2, 0.25) is 5.91 Å². The summed E-state index contributed by atoms with van der Waals surface area (Å²) >= 11 is 0. The molecule has 0 bridgehead atoms. The van der Waals surface area contributed by atoms with Gasteiger partial charge in [-0.2, -0.15) is 0 Å². The van der Waals surface area contributed by atoms with Crippen LogP contribution in [0.5, 0.6) is 0 Å². The monoisotopic (exact) mass is 256 g/mol. The summed E-state index contributed by atoms with van der Waals surface area (Å²) in [5, 5.41) is 2.84. The molecular weight excluding hydrogens is 240 g/mol. The van der Waals surface area contributed by atoms with E-state index < -0.39 is 15.9 Å². The van der Waals surface area contributed by atoms with E-state index in [1.54, 1.807) is 18.2 Å². The third kappa shape index (κ3) is 4.54. The van der Waals surface area contributed by atoms with E-state index in [-0.39, 0.29) is 17.5 Å². The van der Waals surface area contributed by atoms with Crippen LogP contribution in [0.15, 0.2) is 35.2 Å². The molecule has 0 radical (unpaired) electrons. The highest BCUT2D eigenvalue weighted by Crippen LogP contribution is 2.06. The van der Waals surface area contributed by atoms with E-state index in [2.05, 4.69) is 5.32 Å². The van der Waals surface area contributed by atoms with Gasteiger partial charge in [-0.05, 0) is 12.1 Å². The first-order valence-electron chi connectivity index (χ1n) is 5.26. The highest BCUT2D eigenvalue weighted by atomic mass is 32.2. The summed E-state index contributed by atoms with van der Waals surface area (Å²) in [5.41, 5.74) is 0. The number of carbonyl (C=O) groups is 1. The van der Waals surface area contributed by atoms with Crippen molar-refractivity contribution in [1.82, 2.24) is 10.0 Å². The number of rotatable bonds is 5. The minimum atomic E-state index is -3.75. The van der Waals surface area contributed by atoms with Gasteiger partial charge >= 0.3 is 0 Å². The maximum Gasteiger partial charge on any atom is 0.264 e. The number of sulfonamides is 1. The van der Waals surface area contributed by atoms with E-state index in [0.717, 1.165) is 0 Å². The number of nitrogens with one attached hydrogen (secondary N) is 2. The number of benzene rings is 1. The molecule has 1 aromatic rings. The molecule has 2 N–H and O–H groups in total. The van der Waals surface area contributed by atoms with Crippen LogP contribution in [0.25, 0.3) is 0 Å². The summed E-state index contributed by atoms with van der Waals surface area (Å²) in [5.74, 6) is -0.567. The molecule has 0 aliphatic heterocycles. The van der Waals surface area contributed by atoms with Crippen LogP contribution >= 0.6 is 0 Å². The molecule has 0 aliphatic carbocycles. The zero-order valence-electron chi connectivity index (χ0n) is 9.80. The van der Waals surface area contributed by atoms with Gasteiger partial charge in [-0.1, -0.05) is 32.0 Å². The van der Waals surface area contributed by atoms with Gasteiger partial charge < -0.3 is 5.32 Å². The Labute approximate surface area is 101 Å². The lowest BCUT2D eigenvalue weighted by atomic mass is 10.4. The fourth-order valence-electron chi connectivity index (χ4n) is 1.14. The summed E-state index contributed by atoms with van der Waals surface area (Å²) in [4.78, 5) is 11.5. The molecule has 1 rings (SSSR count). The standard InChI is InChI=1S/C11H16N2O3S/c1-9(2)12-8-11(14)13-17(15,16)10-6-4-3-5-7-10/h3-7,9,12H,8H2,1-2H3,(H,13,14). The molecule has 0 unspecified atom stereocenters. The molecule has 94 valence electrons. The molecule has 1 amide bonds. The first-order chi connectivity index (χ1) is 7.92. The lowest BCUT2D eigenvalue weighted by Gasteiger charge is -2.09. The number of hydrogen-bond donors (Lipinski definition) is 2. The maximum atomic E-state index is 11.7. The van der Waals surface area contributed by atoms with E-state index >= 15 is 0 Å². The van der Waals surface area contributed by atoms with Gasteiger partial charge in [0.1, 0.15) is 0 Å². The van der Waals surface area contributed by atoms with Crippen LogP contribution in [0.3, 0.4) is 0 Å². The molecule has 0 saturated heterocycles. The zero-order chi connectivity index (χ0) is 12.9. The van der Waals surface area contributed by atoms with Crippen molar-refractivity contribution in [2.45, 2.75) is 24.8 Å². The smallest absolute Gasteiger partial charge is 0.264 e. The maximum absolute atomic E-state index is 11.7. The quantitative estimate of drug-likeness (QED) is 0.804. The average Bonchev–Trinajstić information content (AvgIpc) is 2.27. The molecule has 0 aromatic heterocycles. The molecule has 6 heteroatoms. The molecule has 0 spiro atoms. The normalized spacial score (nSPS) is 11.5. The van der Waals surface area contributed by atoms with Crippen LogP contribution in [-0.4, -0.2) is 26.9 Å². The Morgan fingerprint density at radius 2 is 1.82 bits per heavy atom. The molecule has 5 nitrogen and oxygen atoms in total. The molecule has 0 saturated carbocycles. The van der Waals surface area contributed by atoms with Crippen molar-refractivity contribution in [2.75, 3.05) is 6.54 Å². The molecule has 0 heterocycles. The van der Waals surface area contributed by atoms with Crippen molar-refractivity contribution in [2.24, 2.45) is 0 Å². The summed E-state index contributed by atoms with van der Waals surface area (Å²) in [6.07, 6.45) is 0. The SMILES string of the molecule is CC(C)NCC(=O)NS(=O)(=O)c1ccccc1. The van der Waals surface area contributed by atoms with E-state index in [4.69, 9.17) is 0 Å². The lowest BCUT2D eigenvalue weighted by molar-refractivity contribution is -0.118. The van der Waals surface area contributed by atoms with Gasteiger partial charge in [-0.15, -0.1) is 0 Å². The molecule has 0 fully saturated rings. The lowest BCUT2D eigenvalue weighted by Crippen LogP contribution is -2.39. The fraction of sp³-hybridized carbons (Fsp3) is 0.364. The highest BCUT2D eigenvalue weighted by Gasteiger charge is 2.16. The van der Waals surface area contributed by atoms with E-state index in [1.165, 1.54) is 12.1 Å². The second kappa shape index (κ2) is 5.79. The van der Waals surface area contributed by atoms with Gasteiger partial charge in [0.25, 0.3) is 10.0 Å². The Bertz CT molecular complexity index is 469. The van der Waals surface area contributed by atoms with Crippen LogP contribution in [-0.2, 0) is 14.8 Å². The molecule has 17 heavy (non-hydrogen) atoms. The topological polar surface area (TPSA) is 75.3 Å². The minimum absolute atomic E-state index is 0.0241. The summed E-state index contributed by atoms with van der Waals surface area (Å²) in [6, 6.07) is 7.91. The first kappa shape index (κ1) is 13.7. The van der Waals surface area contributed by atoms with Crippen molar-refractivity contribution in [1.29, 1.82) is 0 Å². The van der Waals surface area contributed by atoms with Crippen LogP contribution in [0.2, 0.25) is 0 Å². The Balaban J connectivity index is 2.65. The Morgan fingerprint density at radius 1 is 1.24 bits per heavy atom. The van der Waals surface area contributed by atoms with Crippen molar-refractivity contribution in [3.63, 3.8) is 0 Å². The van der Waals surface area contributed by atoms with Crippen molar-refractivity contribution in [3.05, 3.63) is 30.3 Å². The van der Waals surface area contributed by atoms with Crippen LogP contribution in [0.1, 0.15) is 13.8 Å². The third-order valence-electron chi connectivity index (χ3n) is 1.97. The van der Waals surface area contributed by atoms with E-state index in [0.29, 0.717) is 0 Å². The summed E-state index contributed by atoms with van der Waals surface area (Å²) in [7, 11) is -3.75. The predicted octanol–water partition coefficient (Wildman–Crippen LogP) is 0.489. The predicted molar refractivity (Wildman–Crippen MR) is 64.9 cm³/mol. The Morgan fingerprint density at radius 3 is 2.35 bits per heavy atom. The largest absolute Gasteiger partial charge is 0.306 e. The van der Waals surface area contributed by atoms with Crippen LogP contribution in [0, 0.1) is 0 Å². The zero-order valence-corrected chi connectivity index (χ0v) is 10.6. The van der Waals surface area contributed by atoms with Gasteiger partial charge in [-0.3, -0.25) is 4.79 Å². The molecule has 1 aromatic carbocycles. The number of amides is 1. The summed E-state index contributed by atoms with van der Waals surface area (Å²) in [6.45, 7) is 3.72. The average molecular weight is 256 g/mol. The van der Waals surface area contributed by atoms with Gasteiger partial charge in [0.15, 0.2) is 0 Å². The fourth-order valence-corrected chi connectivity index (χ4v) is 2.15. The number of carbonyl (C=O) groups excluding carboxylic acids is 1. The Hall–Kier alpha value is -1.40. The van der Waals surface area contributed by atoms with E-state index in [9.17, 15) is 13.2 Å². The van der Waals surface area contributed by atoms with Crippen molar-refractivity contribution < 1.29 is 13.2 Å². The van der Waals surface area contributed by atoms with E-state index in [1.807, 2.05) is 18.6 Å². The second-order valence-electron chi connectivity index (χ2n) is 3.88. The summed E-state index contributed by atoms with van der Waals surface area (Å²) < 4.78 is 25.5. The molecule has 0 atom stereocenters. The van der Waals surface area contributed by atoms with Crippen molar-refractivity contribution in [3.8, 4) is 0 Å². The second-order valence-corrected chi connectivity index (χ2v) is 5.56. The molecular formula is C11H16N2O3S. The van der Waals surface area contributed by atoms with Crippen LogP contribution < -0.4 is 10.0 Å². The van der Waals surface area contributed by atoms with Gasteiger partial charge in [0, 0.05) is 6.04 Å². The molecule has 0 aliphatic rings. The van der Waals surface area contributed by atoms with Gasteiger partial charge in [0.05, 0.1) is 11.4 Å². The Kier molecular flexibility index (Phi) is 4.65. The number of hydrogen-bond acceptors (Lipinski definition) is 4. The third-order valence-corrected chi connectivity index (χ3v) is 3.36. The van der Waals surface area contributed by atoms with Crippen LogP contribution in [0.4, 0.5) is 0 Å². The van der Waals surface area contributed by atoms with Gasteiger partial charge in [-0.25, -0.2) is 13.1 Å². The first-order valence-corrected chi connectivity index (χ1v) is 6.74. The van der Waals surface area contributed by atoms with Crippen molar-refractivity contribution >= 4 is 15.9 Å². The minimum Gasteiger partial charge on any atom is -0.306 e.